The van der Waals surface area contributed by atoms with Crippen molar-refractivity contribution in [1.82, 2.24) is 0 Å². The molecule has 1 aliphatic heterocycles. The lowest BCUT2D eigenvalue weighted by Crippen LogP contribution is -2.46. The SMILES string of the molecule is O=C(O)CCC(=O)C12CCCCC1CCO2. The van der Waals surface area contributed by atoms with Crippen molar-refractivity contribution in [1.29, 1.82) is 0 Å². The maximum Gasteiger partial charge on any atom is 0.303 e. The summed E-state index contributed by atoms with van der Waals surface area (Å²) in [5.41, 5.74) is -0.617. The molecule has 1 N–H and O–H groups in total. The highest BCUT2D eigenvalue weighted by Crippen LogP contribution is 2.44. The minimum Gasteiger partial charge on any atom is -0.481 e. The van der Waals surface area contributed by atoms with E-state index in [1.165, 1.54) is 6.42 Å². The van der Waals surface area contributed by atoms with Gasteiger partial charge in [-0.25, -0.2) is 0 Å². The number of hydrogen-bond donors (Lipinski definition) is 1. The molecule has 1 saturated heterocycles. The zero-order valence-corrected chi connectivity index (χ0v) is 9.41. The summed E-state index contributed by atoms with van der Waals surface area (Å²) in [7, 11) is 0. The van der Waals surface area contributed by atoms with Crippen LogP contribution < -0.4 is 0 Å². The molecule has 2 aliphatic rings. The number of carboxylic acids is 1. The summed E-state index contributed by atoms with van der Waals surface area (Å²) in [6.45, 7) is 0.656. The predicted molar refractivity (Wildman–Crippen MR) is 57.1 cm³/mol. The maximum absolute atomic E-state index is 12.1. The third-order valence-corrected chi connectivity index (χ3v) is 3.87. The summed E-state index contributed by atoms with van der Waals surface area (Å²) >= 11 is 0. The van der Waals surface area contributed by atoms with Crippen LogP contribution in [0.2, 0.25) is 0 Å². The molecule has 4 nitrogen and oxygen atoms in total. The Morgan fingerprint density at radius 3 is 2.81 bits per heavy atom. The van der Waals surface area contributed by atoms with Gasteiger partial charge in [-0.3, -0.25) is 9.59 Å². The van der Waals surface area contributed by atoms with Crippen LogP contribution in [-0.2, 0) is 14.3 Å². The molecule has 2 fully saturated rings. The molecular formula is C12H18O4. The molecule has 90 valence electrons. The van der Waals surface area contributed by atoms with E-state index in [1.54, 1.807) is 0 Å². The first kappa shape index (κ1) is 11.6. The van der Waals surface area contributed by atoms with Gasteiger partial charge in [0.2, 0.25) is 0 Å². The number of hydrogen-bond acceptors (Lipinski definition) is 3. The van der Waals surface area contributed by atoms with E-state index in [1.807, 2.05) is 0 Å². The number of carboxylic acid groups (broad SMARTS) is 1. The van der Waals surface area contributed by atoms with E-state index in [-0.39, 0.29) is 18.6 Å². The van der Waals surface area contributed by atoms with Crippen LogP contribution in [0.1, 0.15) is 44.9 Å². The zero-order chi connectivity index (χ0) is 11.6. The van der Waals surface area contributed by atoms with Gasteiger partial charge in [-0.1, -0.05) is 12.8 Å². The first-order chi connectivity index (χ1) is 7.65. The number of rotatable bonds is 4. The van der Waals surface area contributed by atoms with E-state index in [0.29, 0.717) is 12.5 Å². The van der Waals surface area contributed by atoms with Crippen molar-refractivity contribution in [2.24, 2.45) is 5.92 Å². The van der Waals surface area contributed by atoms with Crippen molar-refractivity contribution in [2.75, 3.05) is 6.61 Å². The second-order valence-corrected chi connectivity index (χ2v) is 4.79. The van der Waals surface area contributed by atoms with Crippen LogP contribution in [0.4, 0.5) is 0 Å². The molecule has 0 aromatic carbocycles. The molecule has 1 aliphatic carbocycles. The van der Waals surface area contributed by atoms with Gasteiger partial charge in [0, 0.05) is 13.0 Å². The molecule has 0 aromatic heterocycles. The van der Waals surface area contributed by atoms with Crippen molar-refractivity contribution in [3.05, 3.63) is 0 Å². The molecule has 1 saturated carbocycles. The minimum atomic E-state index is -0.907. The van der Waals surface area contributed by atoms with Gasteiger partial charge < -0.3 is 9.84 Å². The molecule has 0 radical (unpaired) electrons. The first-order valence-corrected chi connectivity index (χ1v) is 6.04. The number of carbonyl (C=O) groups is 2. The third-order valence-electron chi connectivity index (χ3n) is 3.87. The smallest absolute Gasteiger partial charge is 0.303 e. The Hall–Kier alpha value is -0.900. The van der Waals surface area contributed by atoms with Gasteiger partial charge in [0.25, 0.3) is 0 Å². The highest BCUT2D eigenvalue weighted by Gasteiger charge is 2.50. The van der Waals surface area contributed by atoms with E-state index >= 15 is 0 Å². The number of carbonyl (C=O) groups excluding carboxylic acids is 1. The number of aliphatic carboxylic acids is 1. The third kappa shape index (κ3) is 1.98. The van der Waals surface area contributed by atoms with Gasteiger partial charge >= 0.3 is 5.97 Å². The Morgan fingerprint density at radius 1 is 1.25 bits per heavy atom. The Morgan fingerprint density at radius 2 is 2.06 bits per heavy atom. The minimum absolute atomic E-state index is 0.0112. The lowest BCUT2D eigenvalue weighted by atomic mass is 9.72. The van der Waals surface area contributed by atoms with Gasteiger partial charge in [0.05, 0.1) is 6.42 Å². The van der Waals surface area contributed by atoms with E-state index in [0.717, 1.165) is 25.7 Å². The second kappa shape index (κ2) is 4.53. The Labute approximate surface area is 95.0 Å². The van der Waals surface area contributed by atoms with Crippen LogP contribution in [0.3, 0.4) is 0 Å². The fraction of sp³-hybridized carbons (Fsp3) is 0.833. The summed E-state index contributed by atoms with van der Waals surface area (Å²) in [4.78, 5) is 22.6. The fourth-order valence-corrected chi connectivity index (χ4v) is 3.05. The average Bonchev–Trinajstić information content (AvgIpc) is 2.70. The summed E-state index contributed by atoms with van der Waals surface area (Å²) in [5.74, 6) is -0.560. The van der Waals surface area contributed by atoms with E-state index in [4.69, 9.17) is 9.84 Å². The van der Waals surface area contributed by atoms with Crippen molar-refractivity contribution in [3.63, 3.8) is 0 Å². The van der Waals surface area contributed by atoms with E-state index < -0.39 is 11.6 Å². The Balaban J connectivity index is 2.04. The van der Waals surface area contributed by atoms with Gasteiger partial charge in [-0.05, 0) is 25.2 Å². The van der Waals surface area contributed by atoms with Gasteiger partial charge in [-0.2, -0.15) is 0 Å². The second-order valence-electron chi connectivity index (χ2n) is 4.79. The Bertz CT molecular complexity index is 299. The van der Waals surface area contributed by atoms with Gasteiger partial charge in [-0.15, -0.1) is 0 Å². The monoisotopic (exact) mass is 226 g/mol. The van der Waals surface area contributed by atoms with Crippen molar-refractivity contribution < 1.29 is 19.4 Å². The largest absolute Gasteiger partial charge is 0.481 e. The van der Waals surface area contributed by atoms with Crippen LogP contribution in [0.5, 0.6) is 0 Å². The standard InChI is InChI=1S/C12H18O4/c13-10(4-5-11(14)15)12-7-2-1-3-9(12)6-8-16-12/h9H,1-8H2,(H,14,15). The number of ketones is 1. The number of ether oxygens (including phenoxy) is 1. The normalized spacial score (nSPS) is 33.4. The van der Waals surface area contributed by atoms with E-state index in [2.05, 4.69) is 0 Å². The number of fused-ring (bicyclic) bond motifs is 1. The lowest BCUT2D eigenvalue weighted by Gasteiger charge is -2.36. The molecular weight excluding hydrogens is 208 g/mol. The molecule has 16 heavy (non-hydrogen) atoms. The van der Waals surface area contributed by atoms with Crippen molar-refractivity contribution >= 4 is 11.8 Å². The first-order valence-electron chi connectivity index (χ1n) is 6.04. The van der Waals surface area contributed by atoms with E-state index in [9.17, 15) is 9.59 Å². The highest BCUT2D eigenvalue weighted by molar-refractivity contribution is 5.90. The quantitative estimate of drug-likeness (QED) is 0.793. The number of Topliss-reactive ketones (excluding diaryl/α,β-unsaturated/α-hetero) is 1. The maximum atomic E-state index is 12.1. The molecule has 2 unspecified atom stereocenters. The van der Waals surface area contributed by atoms with Crippen molar-refractivity contribution in [2.45, 2.75) is 50.5 Å². The Kier molecular flexibility index (Phi) is 3.28. The lowest BCUT2D eigenvalue weighted by molar-refractivity contribution is -0.149. The molecule has 2 rings (SSSR count). The molecule has 0 amide bonds. The van der Waals surface area contributed by atoms with Crippen LogP contribution in [-0.4, -0.2) is 29.1 Å². The molecule has 0 spiro atoms. The topological polar surface area (TPSA) is 63.6 Å². The summed E-state index contributed by atoms with van der Waals surface area (Å²) in [6, 6.07) is 0. The van der Waals surface area contributed by atoms with Crippen LogP contribution >= 0.6 is 0 Å². The van der Waals surface area contributed by atoms with Gasteiger partial charge in [0.15, 0.2) is 5.78 Å². The van der Waals surface area contributed by atoms with Gasteiger partial charge in [0.1, 0.15) is 5.60 Å². The van der Waals surface area contributed by atoms with Crippen molar-refractivity contribution in [3.8, 4) is 0 Å². The average molecular weight is 226 g/mol. The highest BCUT2D eigenvalue weighted by atomic mass is 16.5. The molecule has 0 aromatic rings. The molecule has 2 atom stereocenters. The molecule has 4 heteroatoms. The zero-order valence-electron chi connectivity index (χ0n) is 9.41. The molecule has 0 bridgehead atoms. The predicted octanol–water partition coefficient (Wildman–Crippen LogP) is 1.77. The van der Waals surface area contributed by atoms with Crippen LogP contribution in [0, 0.1) is 5.92 Å². The summed E-state index contributed by atoms with van der Waals surface area (Å²) < 4.78 is 5.70. The fourth-order valence-electron chi connectivity index (χ4n) is 3.05. The molecule has 1 heterocycles. The van der Waals surface area contributed by atoms with Crippen LogP contribution in [0.25, 0.3) is 0 Å². The van der Waals surface area contributed by atoms with Crippen LogP contribution in [0.15, 0.2) is 0 Å². The summed E-state index contributed by atoms with van der Waals surface area (Å²) in [5, 5.41) is 8.61. The summed E-state index contributed by atoms with van der Waals surface area (Å²) in [6.07, 6.45) is 5.04.